The third-order valence-electron chi connectivity index (χ3n) is 5.80. The highest BCUT2D eigenvalue weighted by Crippen LogP contribution is 2.28. The van der Waals surface area contributed by atoms with E-state index in [1.54, 1.807) is 12.1 Å². The summed E-state index contributed by atoms with van der Waals surface area (Å²) in [6, 6.07) is 16.8. The molecule has 0 aliphatic heterocycles. The molecule has 0 radical (unpaired) electrons. The van der Waals surface area contributed by atoms with Crippen LogP contribution < -0.4 is 10.4 Å². The monoisotopic (exact) mass is 432 g/mol. The molecule has 1 unspecified atom stereocenters. The Morgan fingerprint density at radius 2 is 1.82 bits per heavy atom. The van der Waals surface area contributed by atoms with Crippen molar-refractivity contribution in [2.75, 3.05) is 0 Å². The molecule has 2 aliphatic rings. The van der Waals surface area contributed by atoms with Crippen LogP contribution in [0.4, 0.5) is 4.39 Å². The fourth-order valence-corrected chi connectivity index (χ4v) is 4.82. The summed E-state index contributed by atoms with van der Waals surface area (Å²) >= 11 is 3.56. The highest BCUT2D eigenvalue weighted by molar-refractivity contribution is 9.10. The van der Waals surface area contributed by atoms with Gasteiger partial charge in [0.05, 0.1) is 0 Å². The lowest BCUT2D eigenvalue weighted by Gasteiger charge is -2.21. The number of hydrogen-bond donors (Lipinski definition) is 0. The predicted molar refractivity (Wildman–Crippen MR) is 114 cm³/mol. The number of rotatable bonds is 2. The average molecular weight is 433 g/mol. The molecule has 0 amide bonds. The maximum atomic E-state index is 13.6. The van der Waals surface area contributed by atoms with Gasteiger partial charge in [-0.05, 0) is 76.2 Å². The Morgan fingerprint density at radius 3 is 2.68 bits per heavy atom. The molecule has 0 N–H and O–H groups in total. The summed E-state index contributed by atoms with van der Waals surface area (Å²) in [5, 5.41) is 2.40. The summed E-state index contributed by atoms with van der Waals surface area (Å²) in [4.78, 5) is 13.0. The molecular formula is C25H18BrFO. The number of halogens is 2. The lowest BCUT2D eigenvalue weighted by atomic mass is 9.82. The van der Waals surface area contributed by atoms with Crippen LogP contribution in [0.15, 0.2) is 59.1 Å². The van der Waals surface area contributed by atoms with Crippen LogP contribution in [-0.2, 0) is 12.8 Å². The van der Waals surface area contributed by atoms with Gasteiger partial charge in [0.15, 0.2) is 5.78 Å². The molecular weight excluding hydrogens is 415 g/mol. The minimum Gasteiger partial charge on any atom is -0.294 e. The van der Waals surface area contributed by atoms with Gasteiger partial charge in [-0.1, -0.05) is 58.4 Å². The Labute approximate surface area is 171 Å². The van der Waals surface area contributed by atoms with E-state index < -0.39 is 0 Å². The van der Waals surface area contributed by atoms with Gasteiger partial charge in [-0.15, -0.1) is 0 Å². The summed E-state index contributed by atoms with van der Waals surface area (Å²) in [6.45, 7) is 0. The Bertz CT molecular complexity index is 1240. The summed E-state index contributed by atoms with van der Waals surface area (Å²) in [5.41, 5.74) is 5.54. The largest absolute Gasteiger partial charge is 0.294 e. The van der Waals surface area contributed by atoms with E-state index in [0.717, 1.165) is 23.7 Å². The van der Waals surface area contributed by atoms with Gasteiger partial charge >= 0.3 is 0 Å². The van der Waals surface area contributed by atoms with Crippen LogP contribution in [0.5, 0.6) is 0 Å². The van der Waals surface area contributed by atoms with Crippen molar-refractivity contribution < 1.29 is 9.18 Å². The van der Waals surface area contributed by atoms with Crippen LogP contribution in [0.3, 0.4) is 0 Å². The van der Waals surface area contributed by atoms with Crippen molar-refractivity contribution in [3.8, 4) is 11.1 Å². The zero-order valence-corrected chi connectivity index (χ0v) is 16.8. The summed E-state index contributed by atoms with van der Waals surface area (Å²) in [5.74, 6) is -0.570. The molecule has 0 aromatic heterocycles. The first-order chi connectivity index (χ1) is 13.6. The molecule has 1 atom stereocenters. The van der Waals surface area contributed by atoms with Gasteiger partial charge in [0.25, 0.3) is 0 Å². The number of ketones is 1. The number of carbonyl (C=O) groups is 1. The van der Waals surface area contributed by atoms with E-state index in [-0.39, 0.29) is 17.5 Å². The van der Waals surface area contributed by atoms with Crippen molar-refractivity contribution in [2.24, 2.45) is 5.92 Å². The molecule has 0 bridgehead atoms. The molecule has 3 aromatic rings. The van der Waals surface area contributed by atoms with Crippen molar-refractivity contribution in [3.05, 3.63) is 92.0 Å². The second-order valence-electron chi connectivity index (χ2n) is 7.50. The first-order valence-electron chi connectivity index (χ1n) is 9.53. The lowest BCUT2D eigenvalue weighted by molar-refractivity contribution is 0.0946. The standard InChI is InChI=1S/C25H18BrFO/c26-19-8-11-21-16(12-19)7-10-23-22(21)9-6-15-4-5-18(14-24(15)23)25(28)17-2-1-3-20(27)13-17/h1-3,6,8-14,18H,4-5,7H2. The van der Waals surface area contributed by atoms with E-state index >= 15 is 0 Å². The van der Waals surface area contributed by atoms with Crippen molar-refractivity contribution >= 4 is 33.9 Å². The highest BCUT2D eigenvalue weighted by Gasteiger charge is 2.23. The van der Waals surface area contributed by atoms with Crippen LogP contribution in [0, 0.1) is 11.7 Å². The number of hydrogen-bond acceptors (Lipinski definition) is 1. The molecule has 3 aromatic carbocycles. The first kappa shape index (κ1) is 17.6. The lowest BCUT2D eigenvalue weighted by Crippen LogP contribution is -2.37. The van der Waals surface area contributed by atoms with E-state index in [0.29, 0.717) is 5.56 Å². The average Bonchev–Trinajstić information content (AvgIpc) is 2.72. The van der Waals surface area contributed by atoms with Gasteiger partial charge < -0.3 is 0 Å². The van der Waals surface area contributed by atoms with Crippen molar-refractivity contribution in [1.29, 1.82) is 0 Å². The smallest absolute Gasteiger partial charge is 0.169 e. The van der Waals surface area contributed by atoms with Crippen molar-refractivity contribution in [2.45, 2.75) is 19.3 Å². The molecule has 0 spiro atoms. The molecule has 138 valence electrons. The maximum absolute atomic E-state index is 13.6. The fraction of sp³-hybridized carbons (Fsp3) is 0.160. The van der Waals surface area contributed by atoms with Gasteiger partial charge in [0.1, 0.15) is 5.82 Å². The molecule has 0 heterocycles. The minimum atomic E-state index is -0.365. The Hall–Kier alpha value is -2.52. The highest BCUT2D eigenvalue weighted by atomic mass is 79.9. The van der Waals surface area contributed by atoms with Gasteiger partial charge in [0, 0.05) is 16.0 Å². The predicted octanol–water partition coefficient (Wildman–Crippen LogP) is 4.82. The number of benzene rings is 3. The van der Waals surface area contributed by atoms with Crippen LogP contribution in [0.1, 0.15) is 27.9 Å². The first-order valence-corrected chi connectivity index (χ1v) is 10.3. The Balaban J connectivity index is 1.63. The van der Waals surface area contributed by atoms with E-state index in [2.05, 4.69) is 58.4 Å². The van der Waals surface area contributed by atoms with E-state index in [1.165, 1.54) is 44.8 Å². The van der Waals surface area contributed by atoms with E-state index in [1.807, 2.05) is 0 Å². The third kappa shape index (κ3) is 2.94. The Morgan fingerprint density at radius 1 is 0.964 bits per heavy atom. The molecule has 5 rings (SSSR count). The second kappa shape index (κ2) is 6.82. The normalized spacial score (nSPS) is 16.9. The molecule has 2 aliphatic carbocycles. The molecule has 3 heteroatoms. The van der Waals surface area contributed by atoms with Gasteiger partial charge in [-0.2, -0.15) is 0 Å². The number of fused-ring (bicyclic) bond motifs is 5. The zero-order chi connectivity index (χ0) is 19.3. The molecule has 0 fully saturated rings. The van der Waals surface area contributed by atoms with E-state index in [4.69, 9.17) is 0 Å². The molecule has 28 heavy (non-hydrogen) atoms. The number of aryl methyl sites for hydroxylation is 1. The number of Topliss-reactive ketones (excluding diaryl/α,β-unsaturated/α-hetero) is 1. The van der Waals surface area contributed by atoms with Crippen LogP contribution in [-0.4, -0.2) is 5.78 Å². The maximum Gasteiger partial charge on any atom is 0.169 e. The fourth-order valence-electron chi connectivity index (χ4n) is 4.42. The van der Waals surface area contributed by atoms with Gasteiger partial charge in [-0.25, -0.2) is 4.39 Å². The topological polar surface area (TPSA) is 17.1 Å². The summed E-state index contributed by atoms with van der Waals surface area (Å²) in [6.07, 6.45) is 6.89. The van der Waals surface area contributed by atoms with Crippen LogP contribution >= 0.6 is 15.9 Å². The van der Waals surface area contributed by atoms with Gasteiger partial charge in [-0.3, -0.25) is 4.79 Å². The summed E-state index contributed by atoms with van der Waals surface area (Å²) < 4.78 is 14.6. The Kier molecular flexibility index (Phi) is 4.28. The molecule has 0 saturated carbocycles. The third-order valence-corrected chi connectivity index (χ3v) is 6.29. The van der Waals surface area contributed by atoms with Crippen LogP contribution in [0.2, 0.25) is 0 Å². The van der Waals surface area contributed by atoms with E-state index in [9.17, 15) is 9.18 Å². The SMILES string of the molecule is O=C(c1cccc(F)c1)C1C=c2c(ccc3c2=CCc2cc(Br)ccc2-3)CC1. The second-order valence-corrected chi connectivity index (χ2v) is 8.41. The van der Waals surface area contributed by atoms with Crippen molar-refractivity contribution in [1.82, 2.24) is 0 Å². The summed E-state index contributed by atoms with van der Waals surface area (Å²) in [7, 11) is 0. The van der Waals surface area contributed by atoms with Gasteiger partial charge in [0.2, 0.25) is 0 Å². The molecule has 1 nitrogen and oxygen atoms in total. The number of carbonyl (C=O) groups excluding carboxylic acids is 1. The van der Waals surface area contributed by atoms with Crippen molar-refractivity contribution in [3.63, 3.8) is 0 Å². The molecule has 0 saturated heterocycles. The quantitative estimate of drug-likeness (QED) is 0.530. The minimum absolute atomic E-state index is 0.00268. The zero-order valence-electron chi connectivity index (χ0n) is 15.2. The van der Waals surface area contributed by atoms with Crippen LogP contribution in [0.25, 0.3) is 23.3 Å².